The van der Waals surface area contributed by atoms with Crippen LogP contribution in [0.3, 0.4) is 0 Å². The molecule has 1 amide bonds. The zero-order valence-electron chi connectivity index (χ0n) is 8.79. The Morgan fingerprint density at radius 2 is 2.40 bits per heavy atom. The summed E-state index contributed by atoms with van der Waals surface area (Å²) in [6.07, 6.45) is 0.784. The molecule has 0 fully saturated rings. The first-order valence-corrected chi connectivity index (χ1v) is 4.84. The molecule has 1 heterocycles. The summed E-state index contributed by atoms with van der Waals surface area (Å²) in [4.78, 5) is 11.5. The zero-order chi connectivity index (χ0) is 11.1. The average molecular weight is 212 g/mol. The van der Waals surface area contributed by atoms with Gasteiger partial charge in [-0.2, -0.15) is 0 Å². The van der Waals surface area contributed by atoms with Crippen LogP contribution < -0.4 is 11.1 Å². The van der Waals surface area contributed by atoms with Crippen molar-refractivity contribution in [1.82, 2.24) is 5.32 Å². The van der Waals surface area contributed by atoms with Gasteiger partial charge in [0.2, 0.25) is 0 Å². The Morgan fingerprint density at radius 1 is 1.60 bits per heavy atom. The van der Waals surface area contributed by atoms with Crippen LogP contribution in [0.4, 0.5) is 0 Å². The molecule has 0 aliphatic rings. The van der Waals surface area contributed by atoms with Crippen LogP contribution in [-0.2, 0) is 11.3 Å². The van der Waals surface area contributed by atoms with E-state index >= 15 is 0 Å². The molecule has 1 rings (SSSR count). The molecule has 3 N–H and O–H groups in total. The van der Waals surface area contributed by atoms with Gasteiger partial charge in [-0.25, -0.2) is 0 Å². The van der Waals surface area contributed by atoms with Crippen LogP contribution >= 0.6 is 0 Å². The molecule has 0 unspecified atom stereocenters. The highest BCUT2D eigenvalue weighted by molar-refractivity contribution is 5.91. The van der Waals surface area contributed by atoms with Gasteiger partial charge in [-0.3, -0.25) is 4.79 Å². The van der Waals surface area contributed by atoms with Gasteiger partial charge in [0.25, 0.3) is 5.91 Å². The number of methoxy groups -OCH3 is 1. The maximum atomic E-state index is 11.5. The Labute approximate surface area is 88.6 Å². The number of amides is 1. The van der Waals surface area contributed by atoms with Crippen molar-refractivity contribution in [1.29, 1.82) is 0 Å². The van der Waals surface area contributed by atoms with Gasteiger partial charge in [-0.15, -0.1) is 0 Å². The lowest BCUT2D eigenvalue weighted by Gasteiger charge is -2.01. The predicted molar refractivity (Wildman–Crippen MR) is 55.4 cm³/mol. The third kappa shape index (κ3) is 3.73. The SMILES string of the molecule is COCCCNC(=O)c1ccc(CN)o1. The van der Waals surface area contributed by atoms with E-state index in [0.717, 1.165) is 6.42 Å². The summed E-state index contributed by atoms with van der Waals surface area (Å²) < 4.78 is 10.0. The fourth-order valence-corrected chi connectivity index (χ4v) is 1.12. The van der Waals surface area contributed by atoms with E-state index in [1.54, 1.807) is 19.2 Å². The molecule has 0 saturated heterocycles. The van der Waals surface area contributed by atoms with Crippen molar-refractivity contribution in [2.24, 2.45) is 5.73 Å². The molecule has 84 valence electrons. The first-order chi connectivity index (χ1) is 7.27. The van der Waals surface area contributed by atoms with Crippen molar-refractivity contribution in [2.45, 2.75) is 13.0 Å². The molecule has 1 aromatic heterocycles. The summed E-state index contributed by atoms with van der Waals surface area (Å²) >= 11 is 0. The lowest BCUT2D eigenvalue weighted by Crippen LogP contribution is -2.24. The lowest BCUT2D eigenvalue weighted by molar-refractivity contribution is 0.0919. The molecule has 0 aromatic carbocycles. The highest BCUT2D eigenvalue weighted by Gasteiger charge is 2.09. The maximum Gasteiger partial charge on any atom is 0.286 e. The molecular formula is C10H16N2O3. The monoisotopic (exact) mass is 212 g/mol. The second-order valence-electron chi connectivity index (χ2n) is 3.07. The Balaban J connectivity index is 2.33. The van der Waals surface area contributed by atoms with Crippen LogP contribution in [0.2, 0.25) is 0 Å². The minimum absolute atomic E-state index is 0.217. The van der Waals surface area contributed by atoms with Gasteiger partial charge >= 0.3 is 0 Å². The largest absolute Gasteiger partial charge is 0.455 e. The third-order valence-electron chi connectivity index (χ3n) is 1.90. The molecular weight excluding hydrogens is 196 g/mol. The van der Waals surface area contributed by atoms with Crippen molar-refractivity contribution in [3.05, 3.63) is 23.7 Å². The molecule has 0 radical (unpaired) electrons. The van der Waals surface area contributed by atoms with Gasteiger partial charge in [0.15, 0.2) is 5.76 Å². The number of furan rings is 1. The first-order valence-electron chi connectivity index (χ1n) is 4.84. The number of carbonyl (C=O) groups excluding carboxylic acids is 1. The fraction of sp³-hybridized carbons (Fsp3) is 0.500. The number of rotatable bonds is 6. The number of hydrogen-bond acceptors (Lipinski definition) is 4. The standard InChI is InChI=1S/C10H16N2O3/c1-14-6-2-5-12-10(13)9-4-3-8(7-11)15-9/h3-4H,2,5-7,11H2,1H3,(H,12,13). The number of nitrogens with two attached hydrogens (primary N) is 1. The molecule has 0 bridgehead atoms. The minimum atomic E-state index is -0.217. The smallest absolute Gasteiger partial charge is 0.286 e. The van der Waals surface area contributed by atoms with E-state index in [4.69, 9.17) is 14.9 Å². The molecule has 0 aliphatic carbocycles. The van der Waals surface area contributed by atoms with E-state index in [2.05, 4.69) is 5.32 Å². The van der Waals surface area contributed by atoms with Gasteiger partial charge in [0, 0.05) is 20.3 Å². The Kier molecular flexibility index (Phi) is 4.86. The van der Waals surface area contributed by atoms with Crippen LogP contribution in [0.5, 0.6) is 0 Å². The molecule has 1 aromatic rings. The summed E-state index contributed by atoms with van der Waals surface area (Å²) in [5, 5.41) is 2.72. The quantitative estimate of drug-likeness (QED) is 0.673. The van der Waals surface area contributed by atoms with Crippen molar-refractivity contribution in [3.8, 4) is 0 Å². The zero-order valence-corrected chi connectivity index (χ0v) is 8.79. The molecule has 5 nitrogen and oxygen atoms in total. The summed E-state index contributed by atoms with van der Waals surface area (Å²) in [6, 6.07) is 3.32. The lowest BCUT2D eigenvalue weighted by atomic mass is 10.4. The molecule has 0 saturated carbocycles. The minimum Gasteiger partial charge on any atom is -0.455 e. The van der Waals surface area contributed by atoms with Crippen LogP contribution in [-0.4, -0.2) is 26.2 Å². The molecule has 0 aliphatic heterocycles. The van der Waals surface area contributed by atoms with Gasteiger partial charge in [-0.1, -0.05) is 0 Å². The van der Waals surface area contributed by atoms with E-state index in [0.29, 0.717) is 31.2 Å². The summed E-state index contributed by atoms with van der Waals surface area (Å²) in [5.41, 5.74) is 5.36. The Morgan fingerprint density at radius 3 is 3.00 bits per heavy atom. The highest BCUT2D eigenvalue weighted by Crippen LogP contribution is 2.06. The third-order valence-corrected chi connectivity index (χ3v) is 1.90. The van der Waals surface area contributed by atoms with Gasteiger partial charge in [-0.05, 0) is 18.6 Å². The topological polar surface area (TPSA) is 77.5 Å². The van der Waals surface area contributed by atoms with Crippen LogP contribution in [0.25, 0.3) is 0 Å². The normalized spacial score (nSPS) is 10.3. The van der Waals surface area contributed by atoms with E-state index in [-0.39, 0.29) is 5.91 Å². The second-order valence-corrected chi connectivity index (χ2v) is 3.07. The Bertz CT molecular complexity index is 309. The van der Waals surface area contributed by atoms with Crippen LogP contribution in [0.1, 0.15) is 22.7 Å². The highest BCUT2D eigenvalue weighted by atomic mass is 16.5. The van der Waals surface area contributed by atoms with E-state index in [1.807, 2.05) is 0 Å². The first kappa shape index (κ1) is 11.7. The van der Waals surface area contributed by atoms with E-state index in [1.165, 1.54) is 0 Å². The Hall–Kier alpha value is -1.33. The van der Waals surface area contributed by atoms with Crippen LogP contribution in [0, 0.1) is 0 Å². The second kappa shape index (κ2) is 6.21. The summed E-state index contributed by atoms with van der Waals surface area (Å²) in [7, 11) is 1.63. The number of nitrogens with one attached hydrogen (secondary N) is 1. The van der Waals surface area contributed by atoms with Gasteiger partial charge in [0.05, 0.1) is 6.54 Å². The maximum absolute atomic E-state index is 11.5. The van der Waals surface area contributed by atoms with Crippen molar-refractivity contribution in [2.75, 3.05) is 20.3 Å². The number of hydrogen-bond donors (Lipinski definition) is 2. The van der Waals surface area contributed by atoms with Gasteiger partial charge in [0.1, 0.15) is 5.76 Å². The summed E-state index contributed by atoms with van der Waals surface area (Å²) in [6.45, 7) is 1.51. The van der Waals surface area contributed by atoms with E-state index < -0.39 is 0 Å². The molecule has 0 spiro atoms. The molecule has 15 heavy (non-hydrogen) atoms. The van der Waals surface area contributed by atoms with E-state index in [9.17, 15) is 4.79 Å². The van der Waals surface area contributed by atoms with Crippen LogP contribution in [0.15, 0.2) is 16.5 Å². The van der Waals surface area contributed by atoms with Crippen molar-refractivity contribution >= 4 is 5.91 Å². The van der Waals surface area contributed by atoms with Crippen molar-refractivity contribution < 1.29 is 13.9 Å². The molecule has 0 atom stereocenters. The van der Waals surface area contributed by atoms with Crippen molar-refractivity contribution in [3.63, 3.8) is 0 Å². The number of carbonyl (C=O) groups is 1. The molecule has 5 heteroatoms. The van der Waals surface area contributed by atoms with Gasteiger partial charge < -0.3 is 20.2 Å². The summed E-state index contributed by atoms with van der Waals surface area (Å²) in [5.74, 6) is 0.690. The number of ether oxygens (including phenoxy) is 1. The average Bonchev–Trinajstić information content (AvgIpc) is 2.72. The predicted octanol–water partition coefficient (Wildman–Crippen LogP) is 0.505. The fourth-order valence-electron chi connectivity index (χ4n) is 1.12.